The predicted octanol–water partition coefficient (Wildman–Crippen LogP) is 1.99. The quantitative estimate of drug-likeness (QED) is 0.661. The van der Waals surface area contributed by atoms with Gasteiger partial charge < -0.3 is 26.4 Å². The zero-order chi connectivity index (χ0) is 21.3. The lowest BCUT2D eigenvalue weighted by atomic mass is 10.0. The Hall–Kier alpha value is -3.14. The van der Waals surface area contributed by atoms with Crippen LogP contribution in [0.1, 0.15) is 35.7 Å². The molecule has 160 valence electrons. The maximum absolute atomic E-state index is 13.1. The van der Waals surface area contributed by atoms with Crippen molar-refractivity contribution in [2.45, 2.75) is 31.3 Å². The number of aromatic nitrogens is 2. The summed E-state index contributed by atoms with van der Waals surface area (Å²) >= 11 is 0. The molecule has 0 unspecified atom stereocenters. The first-order valence-electron chi connectivity index (χ1n) is 9.99. The SMILES string of the molecule is NC(=O)c1cn([C@@H]2CCN(C(=O)OCC3CC3)C[C@H]2N)nc1Nc1ccc(F)cc1. The van der Waals surface area contributed by atoms with Gasteiger partial charge in [-0.2, -0.15) is 5.10 Å². The van der Waals surface area contributed by atoms with Crippen LogP contribution in [0.3, 0.4) is 0 Å². The second-order valence-electron chi connectivity index (χ2n) is 7.85. The number of anilines is 2. The summed E-state index contributed by atoms with van der Waals surface area (Å²) in [7, 11) is 0. The van der Waals surface area contributed by atoms with Gasteiger partial charge in [-0.05, 0) is 49.4 Å². The van der Waals surface area contributed by atoms with E-state index in [1.807, 2.05) is 0 Å². The number of nitrogens with zero attached hydrogens (tertiary/aromatic N) is 3. The van der Waals surface area contributed by atoms with E-state index < -0.39 is 5.91 Å². The Bertz CT molecular complexity index is 927. The molecule has 1 aromatic carbocycles. The van der Waals surface area contributed by atoms with Gasteiger partial charge in [0.05, 0.1) is 12.6 Å². The van der Waals surface area contributed by atoms with E-state index in [4.69, 9.17) is 16.2 Å². The summed E-state index contributed by atoms with van der Waals surface area (Å²) in [6.45, 7) is 1.28. The molecule has 5 N–H and O–H groups in total. The molecule has 2 aromatic rings. The van der Waals surface area contributed by atoms with Gasteiger partial charge in [0.15, 0.2) is 5.82 Å². The minimum Gasteiger partial charge on any atom is -0.449 e. The monoisotopic (exact) mass is 416 g/mol. The highest BCUT2D eigenvalue weighted by Gasteiger charge is 2.33. The molecule has 2 fully saturated rings. The van der Waals surface area contributed by atoms with Crippen molar-refractivity contribution in [2.24, 2.45) is 17.4 Å². The minimum atomic E-state index is -0.638. The molecule has 0 bridgehead atoms. The van der Waals surface area contributed by atoms with Crippen LogP contribution in [0.25, 0.3) is 0 Å². The van der Waals surface area contributed by atoms with Crippen LogP contribution >= 0.6 is 0 Å². The summed E-state index contributed by atoms with van der Waals surface area (Å²) in [5, 5.41) is 7.45. The highest BCUT2D eigenvalue weighted by Crippen LogP contribution is 2.30. The number of carbonyl (C=O) groups excluding carboxylic acids is 2. The topological polar surface area (TPSA) is 128 Å². The number of ether oxygens (including phenoxy) is 1. The van der Waals surface area contributed by atoms with Crippen LogP contribution in [0.5, 0.6) is 0 Å². The molecule has 4 rings (SSSR count). The molecule has 2 amide bonds. The smallest absolute Gasteiger partial charge is 0.409 e. The number of carbonyl (C=O) groups is 2. The van der Waals surface area contributed by atoms with Gasteiger partial charge in [-0.1, -0.05) is 0 Å². The number of halogens is 1. The molecule has 10 heteroatoms. The Morgan fingerprint density at radius 1 is 1.23 bits per heavy atom. The summed E-state index contributed by atoms with van der Waals surface area (Å²) < 4.78 is 20.1. The van der Waals surface area contributed by atoms with Crippen LogP contribution in [0, 0.1) is 11.7 Å². The first-order chi connectivity index (χ1) is 14.4. The first kappa shape index (κ1) is 20.1. The molecule has 0 radical (unpaired) electrons. The van der Waals surface area contributed by atoms with Crippen LogP contribution in [0.2, 0.25) is 0 Å². The van der Waals surface area contributed by atoms with Gasteiger partial charge in [0.2, 0.25) is 0 Å². The normalized spacial score (nSPS) is 21.3. The maximum atomic E-state index is 13.1. The highest BCUT2D eigenvalue weighted by molar-refractivity contribution is 5.98. The Kier molecular flexibility index (Phi) is 5.58. The van der Waals surface area contributed by atoms with Gasteiger partial charge in [-0.25, -0.2) is 9.18 Å². The van der Waals surface area contributed by atoms with Crippen molar-refractivity contribution in [2.75, 3.05) is 25.0 Å². The van der Waals surface area contributed by atoms with Crippen LogP contribution in [-0.4, -0.2) is 52.4 Å². The van der Waals surface area contributed by atoms with Crippen LogP contribution in [0.4, 0.5) is 20.7 Å². The van der Waals surface area contributed by atoms with Crippen LogP contribution in [-0.2, 0) is 4.74 Å². The third-order valence-electron chi connectivity index (χ3n) is 5.46. The Balaban J connectivity index is 1.44. The van der Waals surface area contributed by atoms with Crippen molar-refractivity contribution in [1.82, 2.24) is 14.7 Å². The molecular weight excluding hydrogens is 391 g/mol. The van der Waals surface area contributed by atoms with Gasteiger partial charge in [-0.15, -0.1) is 0 Å². The van der Waals surface area contributed by atoms with Crippen molar-refractivity contribution in [3.05, 3.63) is 41.8 Å². The van der Waals surface area contributed by atoms with E-state index in [2.05, 4.69) is 10.4 Å². The van der Waals surface area contributed by atoms with Gasteiger partial charge in [0.1, 0.15) is 11.4 Å². The number of hydrogen-bond acceptors (Lipinski definition) is 6. The molecule has 1 aliphatic carbocycles. The molecule has 1 aliphatic heterocycles. The summed E-state index contributed by atoms with van der Waals surface area (Å²) in [5.41, 5.74) is 12.6. The third-order valence-corrected chi connectivity index (χ3v) is 5.46. The molecule has 2 heterocycles. The molecule has 2 aliphatic rings. The van der Waals surface area contributed by atoms with E-state index in [0.717, 1.165) is 12.8 Å². The zero-order valence-electron chi connectivity index (χ0n) is 16.5. The summed E-state index contributed by atoms with van der Waals surface area (Å²) in [6.07, 6.45) is 4.01. The van der Waals surface area contributed by atoms with Crippen molar-refractivity contribution < 1.29 is 18.7 Å². The van der Waals surface area contributed by atoms with Crippen molar-refractivity contribution in [1.29, 1.82) is 0 Å². The molecule has 1 aromatic heterocycles. The number of hydrogen-bond donors (Lipinski definition) is 3. The lowest BCUT2D eigenvalue weighted by molar-refractivity contribution is 0.0786. The average molecular weight is 416 g/mol. The fourth-order valence-corrected chi connectivity index (χ4v) is 3.53. The fraction of sp³-hybridized carbons (Fsp3) is 0.450. The standard InChI is InChI=1S/C20H25FN6O3/c21-13-3-5-14(6-4-13)24-19-15(18(23)28)9-27(25-19)17-7-8-26(10-16(17)22)20(29)30-11-12-1-2-12/h3-6,9,12,16-17H,1-2,7-8,10-11,22H2,(H2,23,28)(H,24,25)/t16-,17-/m1/s1. The number of amides is 2. The summed E-state index contributed by atoms with van der Waals surface area (Å²) in [5.74, 6) is -0.230. The van der Waals surface area contributed by atoms with E-state index in [-0.39, 0.29) is 35.4 Å². The number of nitrogens with two attached hydrogens (primary N) is 2. The molecule has 1 saturated heterocycles. The highest BCUT2D eigenvalue weighted by atomic mass is 19.1. The van der Waals surface area contributed by atoms with E-state index in [9.17, 15) is 14.0 Å². The number of primary amides is 1. The number of nitrogens with one attached hydrogen (secondary N) is 1. The molecule has 0 spiro atoms. The van der Waals surface area contributed by atoms with Crippen LogP contribution in [0.15, 0.2) is 30.5 Å². The van der Waals surface area contributed by atoms with E-state index in [1.54, 1.807) is 15.8 Å². The third kappa shape index (κ3) is 4.54. The lowest BCUT2D eigenvalue weighted by Crippen LogP contribution is -2.51. The van der Waals surface area contributed by atoms with Crippen molar-refractivity contribution >= 4 is 23.5 Å². The van der Waals surface area contributed by atoms with Gasteiger partial charge in [0, 0.05) is 31.0 Å². The predicted molar refractivity (Wildman–Crippen MR) is 108 cm³/mol. The average Bonchev–Trinajstić information content (AvgIpc) is 3.46. The molecule has 30 heavy (non-hydrogen) atoms. The second-order valence-corrected chi connectivity index (χ2v) is 7.85. The largest absolute Gasteiger partial charge is 0.449 e. The summed E-state index contributed by atoms with van der Waals surface area (Å²) in [4.78, 5) is 25.7. The minimum absolute atomic E-state index is 0.206. The number of likely N-dealkylation sites (tertiary alicyclic amines) is 1. The van der Waals surface area contributed by atoms with E-state index in [1.165, 1.54) is 24.3 Å². The van der Waals surface area contributed by atoms with Gasteiger partial charge in [0.25, 0.3) is 5.91 Å². The molecule has 9 nitrogen and oxygen atoms in total. The van der Waals surface area contributed by atoms with Crippen LogP contribution < -0.4 is 16.8 Å². The number of benzene rings is 1. The van der Waals surface area contributed by atoms with E-state index >= 15 is 0 Å². The van der Waals surface area contributed by atoms with Crippen molar-refractivity contribution in [3.63, 3.8) is 0 Å². The lowest BCUT2D eigenvalue weighted by Gasteiger charge is -2.36. The number of piperidine rings is 1. The fourth-order valence-electron chi connectivity index (χ4n) is 3.53. The summed E-state index contributed by atoms with van der Waals surface area (Å²) in [6, 6.07) is 5.09. The first-order valence-corrected chi connectivity index (χ1v) is 9.99. The Morgan fingerprint density at radius 2 is 1.97 bits per heavy atom. The second kappa shape index (κ2) is 8.31. The maximum Gasteiger partial charge on any atom is 0.409 e. The molecule has 2 atom stereocenters. The molecule has 1 saturated carbocycles. The number of rotatable bonds is 6. The zero-order valence-corrected chi connectivity index (χ0v) is 16.5. The Labute approximate surface area is 173 Å². The Morgan fingerprint density at radius 3 is 2.60 bits per heavy atom. The molecular formula is C20H25FN6O3. The van der Waals surface area contributed by atoms with Gasteiger partial charge in [-0.3, -0.25) is 9.48 Å². The van der Waals surface area contributed by atoms with Gasteiger partial charge >= 0.3 is 6.09 Å². The van der Waals surface area contributed by atoms with E-state index in [0.29, 0.717) is 37.7 Å². The van der Waals surface area contributed by atoms with Crippen molar-refractivity contribution in [3.8, 4) is 0 Å².